The molecule has 0 fully saturated rings. The van der Waals surface area contributed by atoms with Crippen molar-refractivity contribution < 1.29 is 17.4 Å². The van der Waals surface area contributed by atoms with Gasteiger partial charge in [0.15, 0.2) is 0 Å². The molecule has 0 aromatic heterocycles. The lowest BCUT2D eigenvalue weighted by atomic mass is 9.80. The van der Waals surface area contributed by atoms with E-state index in [4.69, 9.17) is 9.02 Å². The lowest BCUT2D eigenvalue weighted by Crippen LogP contribution is -2.27. The van der Waals surface area contributed by atoms with Gasteiger partial charge in [-0.15, -0.1) is 0 Å². The largest absolute Gasteiger partial charge is 0.497 e. The van der Waals surface area contributed by atoms with Crippen LogP contribution >= 0.6 is 0 Å². The fourth-order valence-corrected chi connectivity index (χ4v) is 2.95. The summed E-state index contributed by atoms with van der Waals surface area (Å²) in [6.07, 6.45) is 0. The molecular weight excluding hydrogens is 338 g/mol. The summed E-state index contributed by atoms with van der Waals surface area (Å²) >= 11 is 0. The van der Waals surface area contributed by atoms with E-state index in [1.165, 1.54) is 19.2 Å². The average Bonchev–Trinajstić information content (AvgIpc) is 2.60. The van der Waals surface area contributed by atoms with Crippen molar-refractivity contribution >= 4 is 15.8 Å². The molecule has 0 bridgehead atoms. The van der Waals surface area contributed by atoms with Crippen molar-refractivity contribution in [3.63, 3.8) is 0 Å². The molecule has 5 nitrogen and oxygen atoms in total. The van der Waals surface area contributed by atoms with Crippen LogP contribution in [0.2, 0.25) is 0 Å². The maximum atomic E-state index is 12.3. The standard InChI is InChI=1S/C19H23NO4S/c1-14-6-8-16(9-7-14)19(3,4)15(2)20-24-25(21,22)18-12-10-17(23-5)11-13-18/h6-13H,1-5H3/b20-15+. The number of nitrogens with zero attached hydrogens (tertiary/aromatic N) is 1. The van der Waals surface area contributed by atoms with Gasteiger partial charge in [-0.1, -0.05) is 48.8 Å². The van der Waals surface area contributed by atoms with Crippen LogP contribution in [0, 0.1) is 6.92 Å². The van der Waals surface area contributed by atoms with Gasteiger partial charge in [-0.2, -0.15) is 8.42 Å². The molecule has 0 atom stereocenters. The van der Waals surface area contributed by atoms with Crippen LogP contribution in [0.1, 0.15) is 31.9 Å². The van der Waals surface area contributed by atoms with E-state index < -0.39 is 15.5 Å². The Morgan fingerprint density at radius 3 is 2.08 bits per heavy atom. The molecule has 0 aliphatic rings. The Morgan fingerprint density at radius 1 is 1.00 bits per heavy atom. The number of hydrogen-bond acceptors (Lipinski definition) is 5. The van der Waals surface area contributed by atoms with E-state index in [9.17, 15) is 8.42 Å². The summed E-state index contributed by atoms with van der Waals surface area (Å²) in [5.41, 5.74) is 2.30. The zero-order valence-electron chi connectivity index (χ0n) is 15.1. The van der Waals surface area contributed by atoms with E-state index in [0.29, 0.717) is 11.5 Å². The Morgan fingerprint density at radius 2 is 1.56 bits per heavy atom. The summed E-state index contributed by atoms with van der Waals surface area (Å²) in [6, 6.07) is 14.0. The zero-order chi connectivity index (χ0) is 18.7. The van der Waals surface area contributed by atoms with Crippen LogP contribution < -0.4 is 4.74 Å². The van der Waals surface area contributed by atoms with Crippen LogP contribution in [0.25, 0.3) is 0 Å². The van der Waals surface area contributed by atoms with E-state index in [1.54, 1.807) is 19.1 Å². The molecule has 0 spiro atoms. The molecule has 0 radical (unpaired) electrons. The van der Waals surface area contributed by atoms with Crippen molar-refractivity contribution in [3.8, 4) is 5.75 Å². The van der Waals surface area contributed by atoms with Gasteiger partial charge in [0.05, 0.1) is 12.8 Å². The Kier molecular flexibility index (Phi) is 5.52. The lowest BCUT2D eigenvalue weighted by Gasteiger charge is -2.24. The van der Waals surface area contributed by atoms with Gasteiger partial charge in [-0.3, -0.25) is 4.28 Å². The summed E-state index contributed by atoms with van der Waals surface area (Å²) in [6.45, 7) is 7.71. The minimum atomic E-state index is -3.97. The molecule has 2 rings (SSSR count). The molecule has 25 heavy (non-hydrogen) atoms. The summed E-state index contributed by atoms with van der Waals surface area (Å²) in [5, 5.41) is 3.88. The molecule has 6 heteroatoms. The molecule has 134 valence electrons. The fraction of sp³-hybridized carbons (Fsp3) is 0.316. The molecule has 0 heterocycles. The molecule has 0 aliphatic heterocycles. The van der Waals surface area contributed by atoms with Crippen LogP contribution in [0.4, 0.5) is 0 Å². The highest BCUT2D eigenvalue weighted by Gasteiger charge is 2.26. The average molecular weight is 361 g/mol. The molecular formula is C19H23NO4S. The lowest BCUT2D eigenvalue weighted by molar-refractivity contribution is 0.334. The normalized spacial score (nSPS) is 12.8. The highest BCUT2D eigenvalue weighted by molar-refractivity contribution is 7.86. The van der Waals surface area contributed by atoms with Crippen LogP contribution in [0.5, 0.6) is 5.75 Å². The van der Waals surface area contributed by atoms with Crippen molar-refractivity contribution in [3.05, 3.63) is 59.7 Å². The SMILES string of the molecule is COc1ccc(S(=O)(=O)O/N=C(\C)C(C)(C)c2ccc(C)cc2)cc1. The van der Waals surface area contributed by atoms with Gasteiger partial charge in [0, 0.05) is 5.41 Å². The van der Waals surface area contributed by atoms with Gasteiger partial charge in [0.25, 0.3) is 0 Å². The van der Waals surface area contributed by atoms with Crippen molar-refractivity contribution in [2.45, 2.75) is 38.0 Å². The summed E-state index contributed by atoms with van der Waals surface area (Å²) < 4.78 is 34.5. The van der Waals surface area contributed by atoms with E-state index in [0.717, 1.165) is 11.1 Å². The molecule has 0 unspecified atom stereocenters. The number of rotatable bonds is 6. The number of methoxy groups -OCH3 is 1. The van der Waals surface area contributed by atoms with E-state index >= 15 is 0 Å². The third-order valence-electron chi connectivity index (χ3n) is 4.30. The highest BCUT2D eigenvalue weighted by atomic mass is 32.2. The van der Waals surface area contributed by atoms with E-state index in [2.05, 4.69) is 5.16 Å². The quantitative estimate of drug-likeness (QED) is 0.575. The first-order valence-electron chi connectivity index (χ1n) is 7.87. The van der Waals surface area contributed by atoms with Crippen LogP contribution in [-0.2, 0) is 19.8 Å². The molecule has 2 aromatic rings. The first-order chi connectivity index (χ1) is 11.7. The molecule has 0 amide bonds. The Labute approximate surface area is 149 Å². The molecule has 2 aromatic carbocycles. The zero-order valence-corrected chi connectivity index (χ0v) is 15.9. The fourth-order valence-electron chi connectivity index (χ4n) is 2.18. The van der Waals surface area contributed by atoms with Gasteiger partial charge < -0.3 is 4.74 Å². The Bertz CT molecular complexity index is 851. The monoisotopic (exact) mass is 361 g/mol. The van der Waals surface area contributed by atoms with Crippen molar-refractivity contribution in [1.82, 2.24) is 0 Å². The van der Waals surface area contributed by atoms with Crippen LogP contribution in [0.3, 0.4) is 0 Å². The number of aryl methyl sites for hydroxylation is 1. The number of oxime groups is 1. The Balaban J connectivity index is 2.22. The molecule has 0 saturated carbocycles. The van der Waals surface area contributed by atoms with Crippen molar-refractivity contribution in [2.75, 3.05) is 7.11 Å². The topological polar surface area (TPSA) is 65.0 Å². The number of hydrogen-bond donors (Lipinski definition) is 0. The van der Waals surface area contributed by atoms with Gasteiger partial charge in [0.2, 0.25) is 0 Å². The Hall–Kier alpha value is -2.34. The third kappa shape index (κ3) is 4.39. The maximum absolute atomic E-state index is 12.3. The number of ether oxygens (including phenoxy) is 1. The van der Waals surface area contributed by atoms with Gasteiger partial charge in [-0.05, 0) is 43.7 Å². The summed E-state index contributed by atoms with van der Waals surface area (Å²) in [5.74, 6) is 0.569. The van der Waals surface area contributed by atoms with Gasteiger partial charge in [0.1, 0.15) is 10.6 Å². The molecule has 0 N–H and O–H groups in total. The minimum absolute atomic E-state index is 0.0259. The maximum Gasteiger partial charge on any atom is 0.358 e. The first-order valence-corrected chi connectivity index (χ1v) is 9.27. The molecule has 0 aliphatic carbocycles. The van der Waals surface area contributed by atoms with Crippen LogP contribution in [0.15, 0.2) is 58.6 Å². The summed E-state index contributed by atoms with van der Waals surface area (Å²) in [7, 11) is -2.46. The second-order valence-corrected chi connectivity index (χ2v) is 7.90. The van der Waals surface area contributed by atoms with Crippen molar-refractivity contribution in [2.24, 2.45) is 5.16 Å². The number of benzene rings is 2. The van der Waals surface area contributed by atoms with Crippen molar-refractivity contribution in [1.29, 1.82) is 0 Å². The molecule has 0 saturated heterocycles. The van der Waals surface area contributed by atoms with E-state index in [1.807, 2.05) is 45.0 Å². The van der Waals surface area contributed by atoms with Crippen LogP contribution in [-0.4, -0.2) is 21.2 Å². The first kappa shape index (κ1) is 19.0. The minimum Gasteiger partial charge on any atom is -0.497 e. The van der Waals surface area contributed by atoms with Gasteiger partial charge in [-0.25, -0.2) is 0 Å². The predicted octanol–water partition coefficient (Wildman–Crippen LogP) is 4.06. The smallest absolute Gasteiger partial charge is 0.358 e. The second kappa shape index (κ2) is 7.27. The highest BCUT2D eigenvalue weighted by Crippen LogP contribution is 2.26. The van der Waals surface area contributed by atoms with E-state index in [-0.39, 0.29) is 4.90 Å². The summed E-state index contributed by atoms with van der Waals surface area (Å²) in [4.78, 5) is 0.0259. The second-order valence-electron chi connectivity index (χ2n) is 6.37. The van der Waals surface area contributed by atoms with Gasteiger partial charge >= 0.3 is 10.1 Å². The third-order valence-corrected chi connectivity index (χ3v) is 5.42. The predicted molar refractivity (Wildman–Crippen MR) is 98.6 cm³/mol.